The third kappa shape index (κ3) is 2.58. The van der Waals surface area contributed by atoms with Crippen LogP contribution in [0.1, 0.15) is 30.9 Å². The molecule has 0 spiro atoms. The zero-order chi connectivity index (χ0) is 9.84. The molecule has 1 rings (SSSR count). The topological polar surface area (TPSA) is 40.1 Å². The minimum Gasteiger partial charge on any atom is -0.550 e. The molecule has 0 aliphatic heterocycles. The van der Waals surface area contributed by atoms with Crippen LogP contribution < -0.4 is 5.11 Å². The molecule has 0 aliphatic rings. The molecule has 0 radical (unpaired) electrons. The number of carboxylic acids is 1. The number of carbonyl (C=O) groups excluding carboxylic acids is 1. The molecule has 0 amide bonds. The standard InChI is InChI=1S/C11H14O2/c1-8(2)10-6-4-3-5-9(10)7-11(12)13/h3-6,8H,7H2,1-2H3,(H,12,13)/p-1. The summed E-state index contributed by atoms with van der Waals surface area (Å²) in [5.41, 5.74) is 1.95. The van der Waals surface area contributed by atoms with Crippen LogP contribution in [0.4, 0.5) is 0 Å². The average molecular weight is 177 g/mol. The highest BCUT2D eigenvalue weighted by Crippen LogP contribution is 2.19. The monoisotopic (exact) mass is 177 g/mol. The highest BCUT2D eigenvalue weighted by molar-refractivity contribution is 5.68. The van der Waals surface area contributed by atoms with Crippen LogP contribution in [0.5, 0.6) is 0 Å². The van der Waals surface area contributed by atoms with Crippen molar-refractivity contribution in [3.8, 4) is 0 Å². The van der Waals surface area contributed by atoms with Gasteiger partial charge in [-0.2, -0.15) is 0 Å². The van der Waals surface area contributed by atoms with Gasteiger partial charge < -0.3 is 9.90 Å². The molecule has 13 heavy (non-hydrogen) atoms. The molecule has 1 aromatic rings. The van der Waals surface area contributed by atoms with Crippen LogP contribution in [-0.4, -0.2) is 5.97 Å². The molecule has 0 N–H and O–H groups in total. The van der Waals surface area contributed by atoms with Gasteiger partial charge in [-0.1, -0.05) is 38.1 Å². The van der Waals surface area contributed by atoms with Crippen LogP contribution in [0.25, 0.3) is 0 Å². The molecular weight excluding hydrogens is 164 g/mol. The van der Waals surface area contributed by atoms with Crippen molar-refractivity contribution in [3.63, 3.8) is 0 Å². The Labute approximate surface area is 78.2 Å². The first kappa shape index (κ1) is 9.78. The molecule has 0 unspecified atom stereocenters. The van der Waals surface area contributed by atoms with Crippen LogP contribution in [0.3, 0.4) is 0 Å². The van der Waals surface area contributed by atoms with Crippen molar-refractivity contribution in [1.82, 2.24) is 0 Å². The van der Waals surface area contributed by atoms with Crippen molar-refractivity contribution in [2.24, 2.45) is 0 Å². The molecule has 0 fully saturated rings. The molecule has 0 saturated carbocycles. The Hall–Kier alpha value is -1.31. The highest BCUT2D eigenvalue weighted by Gasteiger charge is 2.04. The normalized spacial score (nSPS) is 10.4. The fourth-order valence-corrected chi connectivity index (χ4v) is 1.41. The van der Waals surface area contributed by atoms with Crippen molar-refractivity contribution in [2.45, 2.75) is 26.2 Å². The van der Waals surface area contributed by atoms with Crippen LogP contribution in [0.15, 0.2) is 24.3 Å². The first-order valence-electron chi connectivity index (χ1n) is 4.39. The Bertz CT molecular complexity index is 303. The Morgan fingerprint density at radius 3 is 2.54 bits per heavy atom. The largest absolute Gasteiger partial charge is 0.550 e. The van der Waals surface area contributed by atoms with E-state index in [-0.39, 0.29) is 6.42 Å². The summed E-state index contributed by atoms with van der Waals surface area (Å²) in [5.74, 6) is -0.663. The predicted octanol–water partition coefficient (Wildman–Crippen LogP) is 1.10. The number of rotatable bonds is 3. The highest BCUT2D eigenvalue weighted by atomic mass is 16.4. The molecule has 0 heterocycles. The van der Waals surface area contributed by atoms with Crippen LogP contribution >= 0.6 is 0 Å². The Balaban J connectivity index is 2.97. The SMILES string of the molecule is CC(C)c1ccccc1CC(=O)[O-]. The van der Waals surface area contributed by atoms with Crippen LogP contribution in [-0.2, 0) is 11.2 Å². The van der Waals surface area contributed by atoms with Crippen molar-refractivity contribution < 1.29 is 9.90 Å². The second kappa shape index (κ2) is 4.08. The van der Waals surface area contributed by atoms with Crippen LogP contribution in [0.2, 0.25) is 0 Å². The zero-order valence-electron chi connectivity index (χ0n) is 7.91. The van der Waals surface area contributed by atoms with E-state index in [0.29, 0.717) is 5.92 Å². The summed E-state index contributed by atoms with van der Waals surface area (Å²) < 4.78 is 0. The van der Waals surface area contributed by atoms with Gasteiger partial charge in [0.15, 0.2) is 0 Å². The molecule has 70 valence electrons. The van der Waals surface area contributed by atoms with Crippen molar-refractivity contribution in [3.05, 3.63) is 35.4 Å². The second-order valence-electron chi connectivity index (χ2n) is 3.40. The van der Waals surface area contributed by atoms with Gasteiger partial charge in [-0.3, -0.25) is 0 Å². The number of carbonyl (C=O) groups is 1. The van der Waals surface area contributed by atoms with Gasteiger partial charge in [0.25, 0.3) is 0 Å². The van der Waals surface area contributed by atoms with Gasteiger partial charge in [0.05, 0.1) is 0 Å². The van der Waals surface area contributed by atoms with E-state index in [4.69, 9.17) is 0 Å². The number of aliphatic carboxylic acids is 1. The minimum absolute atomic E-state index is 0.00829. The van der Waals surface area contributed by atoms with Gasteiger partial charge in [-0.05, 0) is 17.0 Å². The molecule has 2 nitrogen and oxygen atoms in total. The molecule has 0 bridgehead atoms. The summed E-state index contributed by atoms with van der Waals surface area (Å²) in [7, 11) is 0. The number of carboxylic acid groups (broad SMARTS) is 1. The summed E-state index contributed by atoms with van der Waals surface area (Å²) in [6.07, 6.45) is 0.00829. The summed E-state index contributed by atoms with van der Waals surface area (Å²) in [5, 5.41) is 10.4. The van der Waals surface area contributed by atoms with E-state index in [1.165, 1.54) is 0 Å². The van der Waals surface area contributed by atoms with Gasteiger partial charge in [0.1, 0.15) is 0 Å². The average Bonchev–Trinajstić information content (AvgIpc) is 2.03. The Morgan fingerprint density at radius 2 is 2.00 bits per heavy atom. The van der Waals surface area contributed by atoms with E-state index in [1.807, 2.05) is 38.1 Å². The Morgan fingerprint density at radius 1 is 1.38 bits per heavy atom. The predicted molar refractivity (Wildman–Crippen MR) is 49.2 cm³/mol. The maximum Gasteiger partial charge on any atom is 0.0458 e. The van der Waals surface area contributed by atoms with E-state index in [9.17, 15) is 9.90 Å². The lowest BCUT2D eigenvalue weighted by Crippen LogP contribution is -2.25. The van der Waals surface area contributed by atoms with Crippen LogP contribution in [0, 0.1) is 0 Å². The maximum atomic E-state index is 10.4. The molecule has 0 saturated heterocycles. The third-order valence-corrected chi connectivity index (χ3v) is 2.01. The van der Waals surface area contributed by atoms with E-state index in [1.54, 1.807) is 0 Å². The summed E-state index contributed by atoms with van der Waals surface area (Å²) >= 11 is 0. The van der Waals surface area contributed by atoms with Gasteiger partial charge >= 0.3 is 0 Å². The zero-order valence-corrected chi connectivity index (χ0v) is 7.91. The molecule has 0 aromatic heterocycles. The maximum absolute atomic E-state index is 10.4. The number of hydrogen-bond donors (Lipinski definition) is 0. The first-order valence-corrected chi connectivity index (χ1v) is 4.39. The van der Waals surface area contributed by atoms with Gasteiger partial charge in [-0.25, -0.2) is 0 Å². The Kier molecular flexibility index (Phi) is 3.07. The van der Waals surface area contributed by atoms with Gasteiger partial charge in [0.2, 0.25) is 0 Å². The summed E-state index contributed by atoms with van der Waals surface area (Å²) in [6, 6.07) is 7.58. The lowest BCUT2D eigenvalue weighted by molar-refractivity contribution is -0.304. The smallest absolute Gasteiger partial charge is 0.0458 e. The lowest BCUT2D eigenvalue weighted by atomic mass is 9.95. The molecule has 2 heteroatoms. The first-order chi connectivity index (χ1) is 6.11. The van der Waals surface area contributed by atoms with Gasteiger partial charge in [-0.15, -0.1) is 0 Å². The molecular formula is C11H13O2-. The summed E-state index contributed by atoms with van der Waals surface area (Å²) in [4.78, 5) is 10.4. The van der Waals surface area contributed by atoms with E-state index < -0.39 is 5.97 Å². The summed E-state index contributed by atoms with van der Waals surface area (Å²) in [6.45, 7) is 4.10. The van der Waals surface area contributed by atoms with Crippen molar-refractivity contribution >= 4 is 5.97 Å². The van der Waals surface area contributed by atoms with Crippen molar-refractivity contribution in [2.75, 3.05) is 0 Å². The number of hydrogen-bond acceptors (Lipinski definition) is 2. The third-order valence-electron chi connectivity index (χ3n) is 2.01. The molecule has 0 aliphatic carbocycles. The molecule has 0 atom stereocenters. The van der Waals surface area contributed by atoms with E-state index >= 15 is 0 Å². The van der Waals surface area contributed by atoms with E-state index in [0.717, 1.165) is 11.1 Å². The van der Waals surface area contributed by atoms with E-state index in [2.05, 4.69) is 0 Å². The second-order valence-corrected chi connectivity index (χ2v) is 3.40. The fraction of sp³-hybridized carbons (Fsp3) is 0.364. The number of benzene rings is 1. The minimum atomic E-state index is -1.02. The quantitative estimate of drug-likeness (QED) is 0.693. The lowest BCUT2D eigenvalue weighted by Gasteiger charge is -2.12. The van der Waals surface area contributed by atoms with Gasteiger partial charge in [0, 0.05) is 12.4 Å². The fourth-order valence-electron chi connectivity index (χ4n) is 1.41. The molecule has 1 aromatic carbocycles. The van der Waals surface area contributed by atoms with Crippen molar-refractivity contribution in [1.29, 1.82) is 0 Å².